The summed E-state index contributed by atoms with van der Waals surface area (Å²) in [5.41, 5.74) is 2.21. The van der Waals surface area contributed by atoms with E-state index < -0.39 is 0 Å². The van der Waals surface area contributed by atoms with Gasteiger partial charge in [0.25, 0.3) is 5.91 Å². The van der Waals surface area contributed by atoms with Crippen molar-refractivity contribution in [1.82, 2.24) is 14.4 Å². The van der Waals surface area contributed by atoms with Crippen LogP contribution in [0.25, 0.3) is 0 Å². The minimum Gasteiger partial charge on any atom is -0.342 e. The minimum absolute atomic E-state index is 0.0651. The fourth-order valence-corrected chi connectivity index (χ4v) is 4.03. The molecule has 1 aromatic heterocycles. The second kappa shape index (κ2) is 4.85. The van der Waals surface area contributed by atoms with E-state index in [0.717, 1.165) is 31.9 Å². The standard InChI is InChI=1S/C19H31N3O/c1-17(2,3)14-8-15-16(23)22(18(4,5)6)13-19(10-20(7)11-19)12-21(15)9-14/h8-9H,10-13H2,1-7H3. The lowest BCUT2D eigenvalue weighted by Crippen LogP contribution is -2.62. The number of fused-ring (bicyclic) bond motifs is 1. The van der Waals surface area contributed by atoms with Gasteiger partial charge in [0.1, 0.15) is 5.69 Å². The number of hydrogen-bond acceptors (Lipinski definition) is 2. The summed E-state index contributed by atoms with van der Waals surface area (Å²) in [6, 6.07) is 2.11. The summed E-state index contributed by atoms with van der Waals surface area (Å²) in [4.78, 5) is 17.7. The van der Waals surface area contributed by atoms with Gasteiger partial charge in [-0.15, -0.1) is 0 Å². The molecule has 1 spiro atoms. The Bertz CT molecular complexity index is 624. The molecule has 2 aliphatic rings. The maximum absolute atomic E-state index is 13.2. The van der Waals surface area contributed by atoms with Gasteiger partial charge in [0.15, 0.2) is 0 Å². The summed E-state index contributed by atoms with van der Waals surface area (Å²) in [6.45, 7) is 17.0. The zero-order valence-electron chi connectivity index (χ0n) is 15.7. The van der Waals surface area contributed by atoms with Crippen molar-refractivity contribution in [3.05, 3.63) is 23.5 Å². The second-order valence-electron chi connectivity index (χ2n) is 9.73. The second-order valence-corrected chi connectivity index (χ2v) is 9.73. The van der Waals surface area contributed by atoms with Crippen LogP contribution >= 0.6 is 0 Å². The van der Waals surface area contributed by atoms with Crippen LogP contribution < -0.4 is 0 Å². The fraction of sp³-hybridized carbons (Fsp3) is 0.737. The third kappa shape index (κ3) is 2.82. The summed E-state index contributed by atoms with van der Waals surface area (Å²) < 4.78 is 2.22. The highest BCUT2D eigenvalue weighted by molar-refractivity contribution is 5.94. The van der Waals surface area contributed by atoms with Crippen LogP contribution in [0.5, 0.6) is 0 Å². The molecule has 0 radical (unpaired) electrons. The van der Waals surface area contributed by atoms with Crippen LogP contribution in [0.1, 0.15) is 57.6 Å². The molecule has 23 heavy (non-hydrogen) atoms. The van der Waals surface area contributed by atoms with Crippen molar-refractivity contribution in [2.45, 2.75) is 59.0 Å². The predicted molar refractivity (Wildman–Crippen MR) is 93.9 cm³/mol. The van der Waals surface area contributed by atoms with Gasteiger partial charge in [0, 0.05) is 43.3 Å². The first-order valence-corrected chi connectivity index (χ1v) is 8.63. The Labute approximate surface area is 140 Å². The lowest BCUT2D eigenvalue weighted by molar-refractivity contribution is -0.0283. The molecule has 2 aliphatic heterocycles. The average molecular weight is 317 g/mol. The zero-order valence-corrected chi connectivity index (χ0v) is 15.7. The molecule has 0 aliphatic carbocycles. The van der Waals surface area contributed by atoms with Crippen molar-refractivity contribution in [2.75, 3.05) is 26.7 Å². The number of hydrogen-bond donors (Lipinski definition) is 0. The number of likely N-dealkylation sites (tertiary alicyclic amines) is 1. The van der Waals surface area contributed by atoms with Gasteiger partial charge in [0.2, 0.25) is 0 Å². The molecule has 1 amide bonds. The van der Waals surface area contributed by atoms with Gasteiger partial charge < -0.3 is 14.4 Å². The Kier molecular flexibility index (Phi) is 3.50. The molecule has 1 saturated heterocycles. The van der Waals surface area contributed by atoms with E-state index in [0.29, 0.717) is 0 Å². The molecular formula is C19H31N3O. The van der Waals surface area contributed by atoms with Gasteiger partial charge in [-0.3, -0.25) is 4.79 Å². The Balaban J connectivity index is 2.07. The van der Waals surface area contributed by atoms with Crippen LogP contribution in [0.3, 0.4) is 0 Å². The van der Waals surface area contributed by atoms with Crippen LogP contribution in [-0.2, 0) is 12.0 Å². The van der Waals surface area contributed by atoms with Gasteiger partial charge in [-0.25, -0.2) is 0 Å². The quantitative estimate of drug-likeness (QED) is 0.736. The topological polar surface area (TPSA) is 28.5 Å². The van der Waals surface area contributed by atoms with Crippen molar-refractivity contribution >= 4 is 5.91 Å². The van der Waals surface area contributed by atoms with Crippen molar-refractivity contribution in [1.29, 1.82) is 0 Å². The van der Waals surface area contributed by atoms with Crippen LogP contribution in [0.15, 0.2) is 12.3 Å². The fourth-order valence-electron chi connectivity index (χ4n) is 4.03. The normalized spacial score (nSPS) is 22.0. The van der Waals surface area contributed by atoms with Gasteiger partial charge in [0.05, 0.1) is 0 Å². The maximum atomic E-state index is 13.2. The van der Waals surface area contributed by atoms with Crippen LogP contribution in [0, 0.1) is 5.41 Å². The van der Waals surface area contributed by atoms with E-state index in [1.165, 1.54) is 5.56 Å². The van der Waals surface area contributed by atoms with Crippen LogP contribution in [0.2, 0.25) is 0 Å². The molecule has 0 bridgehead atoms. The Hall–Kier alpha value is -1.29. The summed E-state index contributed by atoms with van der Waals surface area (Å²) in [5.74, 6) is 0.180. The molecule has 0 aromatic carbocycles. The maximum Gasteiger partial charge on any atom is 0.270 e. The zero-order chi connectivity index (χ0) is 17.2. The van der Waals surface area contributed by atoms with E-state index in [4.69, 9.17) is 0 Å². The smallest absolute Gasteiger partial charge is 0.270 e. The van der Waals surface area contributed by atoms with Crippen molar-refractivity contribution in [3.8, 4) is 0 Å². The third-order valence-electron chi connectivity index (χ3n) is 5.25. The molecule has 0 saturated carbocycles. The average Bonchev–Trinajstić information content (AvgIpc) is 2.71. The Morgan fingerprint density at radius 3 is 2.09 bits per heavy atom. The molecule has 4 heteroatoms. The molecular weight excluding hydrogens is 286 g/mol. The lowest BCUT2D eigenvalue weighted by atomic mass is 9.78. The van der Waals surface area contributed by atoms with E-state index in [2.05, 4.69) is 75.2 Å². The first kappa shape index (κ1) is 16.6. The van der Waals surface area contributed by atoms with E-state index in [1.54, 1.807) is 0 Å². The van der Waals surface area contributed by atoms with E-state index >= 15 is 0 Å². The highest BCUT2D eigenvalue weighted by Gasteiger charge is 2.48. The molecule has 3 rings (SSSR count). The van der Waals surface area contributed by atoms with Gasteiger partial charge in [-0.1, -0.05) is 20.8 Å². The van der Waals surface area contributed by atoms with Crippen LogP contribution in [-0.4, -0.2) is 52.5 Å². The first-order valence-electron chi connectivity index (χ1n) is 8.63. The Morgan fingerprint density at radius 2 is 1.61 bits per heavy atom. The van der Waals surface area contributed by atoms with Crippen LogP contribution in [0.4, 0.5) is 0 Å². The minimum atomic E-state index is -0.153. The molecule has 1 fully saturated rings. The largest absolute Gasteiger partial charge is 0.342 e. The summed E-state index contributed by atoms with van der Waals surface area (Å²) in [7, 11) is 2.16. The SMILES string of the molecule is CN1CC2(C1)CN(C(C)(C)C)C(=O)c1cc(C(C)(C)C)cn1C2. The Morgan fingerprint density at radius 1 is 1.00 bits per heavy atom. The molecule has 0 atom stereocenters. The van der Waals surface area contributed by atoms with E-state index in [1.807, 2.05) is 0 Å². The number of carbonyl (C=O) groups is 1. The number of rotatable bonds is 0. The number of nitrogens with zero attached hydrogens (tertiary/aromatic N) is 3. The predicted octanol–water partition coefficient (Wildman–Crippen LogP) is 2.97. The molecule has 4 nitrogen and oxygen atoms in total. The van der Waals surface area contributed by atoms with E-state index in [9.17, 15) is 4.79 Å². The molecule has 0 unspecified atom stereocenters. The molecule has 1 aromatic rings. The summed E-state index contributed by atoms with van der Waals surface area (Å²) in [6.07, 6.45) is 2.21. The molecule has 128 valence electrons. The van der Waals surface area contributed by atoms with Crippen molar-refractivity contribution < 1.29 is 4.79 Å². The number of amides is 1. The highest BCUT2D eigenvalue weighted by atomic mass is 16.2. The summed E-state index contributed by atoms with van der Waals surface area (Å²) in [5, 5.41) is 0. The monoisotopic (exact) mass is 317 g/mol. The van der Waals surface area contributed by atoms with Gasteiger partial charge in [-0.05, 0) is 44.9 Å². The van der Waals surface area contributed by atoms with Gasteiger partial charge in [-0.2, -0.15) is 0 Å². The third-order valence-corrected chi connectivity index (χ3v) is 5.25. The van der Waals surface area contributed by atoms with Crippen molar-refractivity contribution in [3.63, 3.8) is 0 Å². The first-order chi connectivity index (χ1) is 10.4. The number of aromatic nitrogens is 1. The molecule has 3 heterocycles. The summed E-state index contributed by atoms with van der Waals surface area (Å²) >= 11 is 0. The van der Waals surface area contributed by atoms with Gasteiger partial charge >= 0.3 is 0 Å². The molecule has 0 N–H and O–H groups in total. The lowest BCUT2D eigenvalue weighted by Gasteiger charge is -2.51. The number of carbonyl (C=O) groups excluding carboxylic acids is 1. The van der Waals surface area contributed by atoms with E-state index in [-0.39, 0.29) is 22.3 Å². The van der Waals surface area contributed by atoms with Crippen molar-refractivity contribution in [2.24, 2.45) is 5.41 Å². The highest BCUT2D eigenvalue weighted by Crippen LogP contribution is 2.39.